The van der Waals surface area contributed by atoms with Gasteiger partial charge >= 0.3 is 5.97 Å². The lowest BCUT2D eigenvalue weighted by Crippen LogP contribution is -2.12. The third kappa shape index (κ3) is 4.61. The molecule has 2 rings (SSSR count). The van der Waals surface area contributed by atoms with Gasteiger partial charge in [-0.15, -0.1) is 5.10 Å². The highest BCUT2D eigenvalue weighted by molar-refractivity contribution is 5.97. The largest absolute Gasteiger partial charge is 0.458 e. The van der Waals surface area contributed by atoms with Gasteiger partial charge in [-0.25, -0.2) is 0 Å². The van der Waals surface area contributed by atoms with Crippen molar-refractivity contribution in [1.29, 1.82) is 0 Å². The second kappa shape index (κ2) is 7.04. The quantitative estimate of drug-likeness (QED) is 0.394. The van der Waals surface area contributed by atoms with Crippen LogP contribution in [0.15, 0.2) is 57.1 Å². The molecule has 108 valence electrons. The molecule has 0 aliphatic rings. The molecule has 6 heteroatoms. The summed E-state index contributed by atoms with van der Waals surface area (Å²) >= 11 is 0. The predicted octanol–water partition coefficient (Wildman–Crippen LogP) is 2.08. The van der Waals surface area contributed by atoms with Crippen LogP contribution < -0.4 is 5.73 Å². The van der Waals surface area contributed by atoms with Gasteiger partial charge in [0.1, 0.15) is 18.1 Å². The van der Waals surface area contributed by atoms with E-state index in [2.05, 4.69) is 10.2 Å². The minimum atomic E-state index is -0.359. The summed E-state index contributed by atoms with van der Waals surface area (Å²) in [6, 6.07) is 12.7. The fourth-order valence-electron chi connectivity index (χ4n) is 1.53. The van der Waals surface area contributed by atoms with Gasteiger partial charge in [0.15, 0.2) is 5.84 Å². The minimum Gasteiger partial charge on any atom is -0.458 e. The molecule has 1 aromatic carbocycles. The second-order valence-electron chi connectivity index (χ2n) is 4.18. The Morgan fingerprint density at radius 3 is 2.76 bits per heavy atom. The topological polar surface area (TPSA) is 90.2 Å². The number of carbonyl (C=O) groups excluding carboxylic acids is 1. The van der Waals surface area contributed by atoms with E-state index in [0.29, 0.717) is 17.4 Å². The molecule has 0 aliphatic heterocycles. The molecule has 0 fully saturated rings. The van der Waals surface area contributed by atoms with E-state index in [-0.39, 0.29) is 12.6 Å². The number of ether oxygens (including phenoxy) is 1. The molecule has 1 heterocycles. The molecule has 1 aromatic heterocycles. The first-order valence-electron chi connectivity index (χ1n) is 6.29. The number of furan rings is 1. The van der Waals surface area contributed by atoms with E-state index in [4.69, 9.17) is 14.9 Å². The molecular weight excluding hydrogens is 270 g/mol. The SMILES string of the molecule is CC(=O)OCc1ccc(C=N/N=C(\N)c2ccccc2)o1. The lowest BCUT2D eigenvalue weighted by atomic mass is 10.2. The highest BCUT2D eigenvalue weighted by Crippen LogP contribution is 2.07. The Morgan fingerprint density at radius 1 is 1.29 bits per heavy atom. The molecule has 0 spiro atoms. The van der Waals surface area contributed by atoms with Crippen LogP contribution in [0.5, 0.6) is 0 Å². The number of nitrogens with two attached hydrogens (primary N) is 1. The predicted molar refractivity (Wildman–Crippen MR) is 78.9 cm³/mol. The van der Waals surface area contributed by atoms with Gasteiger partial charge in [-0.1, -0.05) is 30.3 Å². The first kappa shape index (κ1) is 14.5. The van der Waals surface area contributed by atoms with Crippen LogP contribution in [-0.2, 0) is 16.1 Å². The Bertz CT molecular complexity index is 660. The normalized spacial score (nSPS) is 11.8. The third-order valence-corrected chi connectivity index (χ3v) is 2.52. The van der Waals surface area contributed by atoms with Crippen molar-refractivity contribution in [3.63, 3.8) is 0 Å². The molecule has 0 saturated carbocycles. The Balaban J connectivity index is 1.97. The molecular formula is C15H15N3O3. The number of carbonyl (C=O) groups is 1. The summed E-state index contributed by atoms with van der Waals surface area (Å²) in [5.74, 6) is 0.994. The zero-order valence-corrected chi connectivity index (χ0v) is 11.5. The van der Waals surface area contributed by atoms with Crippen LogP contribution in [0.25, 0.3) is 0 Å². The summed E-state index contributed by atoms with van der Waals surface area (Å²) in [6.45, 7) is 1.44. The molecule has 0 saturated heterocycles. The van der Waals surface area contributed by atoms with Gasteiger partial charge in [0.05, 0.1) is 6.21 Å². The summed E-state index contributed by atoms with van der Waals surface area (Å²) < 4.78 is 10.2. The maximum Gasteiger partial charge on any atom is 0.303 e. The number of benzene rings is 1. The molecule has 2 aromatic rings. The van der Waals surface area contributed by atoms with E-state index in [9.17, 15) is 4.79 Å². The summed E-state index contributed by atoms with van der Waals surface area (Å²) in [5, 5.41) is 7.75. The van der Waals surface area contributed by atoms with Gasteiger partial charge in [-0.3, -0.25) is 4.79 Å². The molecule has 0 unspecified atom stereocenters. The van der Waals surface area contributed by atoms with Gasteiger partial charge in [-0.05, 0) is 12.1 Å². The minimum absolute atomic E-state index is 0.0958. The lowest BCUT2D eigenvalue weighted by Gasteiger charge is -1.97. The third-order valence-electron chi connectivity index (χ3n) is 2.52. The van der Waals surface area contributed by atoms with Crippen LogP contribution in [0.4, 0.5) is 0 Å². The zero-order valence-electron chi connectivity index (χ0n) is 11.5. The van der Waals surface area contributed by atoms with Crippen molar-refractivity contribution in [3.05, 3.63) is 59.5 Å². The van der Waals surface area contributed by atoms with Crippen molar-refractivity contribution in [2.24, 2.45) is 15.9 Å². The molecule has 0 radical (unpaired) electrons. The van der Waals surface area contributed by atoms with Crippen molar-refractivity contribution >= 4 is 18.0 Å². The van der Waals surface area contributed by atoms with E-state index in [1.807, 2.05) is 30.3 Å². The van der Waals surface area contributed by atoms with Gasteiger partial charge in [0.25, 0.3) is 0 Å². The van der Waals surface area contributed by atoms with Crippen LogP contribution in [-0.4, -0.2) is 18.0 Å². The second-order valence-corrected chi connectivity index (χ2v) is 4.18. The highest BCUT2D eigenvalue weighted by atomic mass is 16.5. The van der Waals surface area contributed by atoms with Gasteiger partial charge in [0, 0.05) is 12.5 Å². The first-order chi connectivity index (χ1) is 10.1. The van der Waals surface area contributed by atoms with Crippen molar-refractivity contribution in [2.45, 2.75) is 13.5 Å². The zero-order chi connectivity index (χ0) is 15.1. The van der Waals surface area contributed by atoms with Gasteiger partial charge < -0.3 is 14.9 Å². The van der Waals surface area contributed by atoms with Crippen LogP contribution in [0.1, 0.15) is 24.0 Å². The Kier molecular flexibility index (Phi) is 4.87. The van der Waals surface area contributed by atoms with Gasteiger partial charge in [0.2, 0.25) is 0 Å². The van der Waals surface area contributed by atoms with Crippen molar-refractivity contribution in [1.82, 2.24) is 0 Å². The average molecular weight is 285 g/mol. The van der Waals surface area contributed by atoms with Crippen LogP contribution >= 0.6 is 0 Å². The van der Waals surface area contributed by atoms with Crippen LogP contribution in [0, 0.1) is 0 Å². The number of esters is 1. The van der Waals surface area contributed by atoms with E-state index >= 15 is 0 Å². The Hall–Kier alpha value is -2.89. The highest BCUT2D eigenvalue weighted by Gasteiger charge is 2.02. The number of hydrogen-bond acceptors (Lipinski definition) is 5. The molecule has 21 heavy (non-hydrogen) atoms. The van der Waals surface area contributed by atoms with Crippen LogP contribution in [0.2, 0.25) is 0 Å². The van der Waals surface area contributed by atoms with Crippen molar-refractivity contribution in [3.8, 4) is 0 Å². The summed E-state index contributed by atoms with van der Waals surface area (Å²) in [5.41, 5.74) is 6.59. The molecule has 0 aliphatic carbocycles. The van der Waals surface area contributed by atoms with Crippen molar-refractivity contribution in [2.75, 3.05) is 0 Å². The molecule has 0 atom stereocenters. The maximum absolute atomic E-state index is 10.7. The Labute approximate surface area is 121 Å². The van der Waals surface area contributed by atoms with E-state index < -0.39 is 0 Å². The van der Waals surface area contributed by atoms with Crippen LogP contribution in [0.3, 0.4) is 0 Å². The standard InChI is InChI=1S/C15H15N3O3/c1-11(19)20-10-14-8-7-13(21-14)9-17-18-15(16)12-5-3-2-4-6-12/h2-9H,10H2,1H3,(H2,16,18). The van der Waals surface area contributed by atoms with Gasteiger partial charge in [-0.2, -0.15) is 5.10 Å². The Morgan fingerprint density at radius 2 is 2.05 bits per heavy atom. The molecule has 0 amide bonds. The number of hydrogen-bond donors (Lipinski definition) is 1. The maximum atomic E-state index is 10.7. The molecule has 6 nitrogen and oxygen atoms in total. The van der Waals surface area contributed by atoms with E-state index in [1.165, 1.54) is 13.1 Å². The summed E-state index contributed by atoms with van der Waals surface area (Å²) in [4.78, 5) is 10.7. The first-order valence-corrected chi connectivity index (χ1v) is 6.29. The number of rotatable bonds is 5. The number of amidine groups is 1. The summed E-state index contributed by atoms with van der Waals surface area (Å²) in [6.07, 6.45) is 1.44. The summed E-state index contributed by atoms with van der Waals surface area (Å²) in [7, 11) is 0. The van der Waals surface area contributed by atoms with Crippen molar-refractivity contribution < 1.29 is 13.9 Å². The van der Waals surface area contributed by atoms with E-state index in [1.54, 1.807) is 12.1 Å². The average Bonchev–Trinajstić information content (AvgIpc) is 2.94. The number of nitrogens with zero attached hydrogens (tertiary/aromatic N) is 2. The molecule has 2 N–H and O–H groups in total. The fraction of sp³-hybridized carbons (Fsp3) is 0.133. The van der Waals surface area contributed by atoms with E-state index in [0.717, 1.165) is 5.56 Å². The monoisotopic (exact) mass is 285 g/mol. The fourth-order valence-corrected chi connectivity index (χ4v) is 1.53. The molecule has 0 bridgehead atoms. The lowest BCUT2D eigenvalue weighted by molar-refractivity contribution is -0.142. The smallest absolute Gasteiger partial charge is 0.303 e.